The van der Waals surface area contributed by atoms with Crippen LogP contribution in [0.25, 0.3) is 0 Å². The molecule has 0 bridgehead atoms. The van der Waals surface area contributed by atoms with E-state index in [0.717, 1.165) is 12.8 Å². The SMILES string of the molecule is Cc1cccc([N+](=O)[O-])c1NC(=O)C[NH2+]C1CCCCCCC1. The van der Waals surface area contributed by atoms with Gasteiger partial charge in [0.2, 0.25) is 0 Å². The van der Waals surface area contributed by atoms with E-state index in [9.17, 15) is 14.9 Å². The molecule has 23 heavy (non-hydrogen) atoms. The fraction of sp³-hybridized carbons (Fsp3) is 0.588. The average Bonchev–Trinajstić information content (AvgIpc) is 2.48. The maximum absolute atomic E-state index is 12.2. The Hall–Kier alpha value is -1.95. The van der Waals surface area contributed by atoms with Crippen LogP contribution in [-0.2, 0) is 4.79 Å². The third kappa shape index (κ3) is 5.32. The summed E-state index contributed by atoms with van der Waals surface area (Å²) in [5, 5.41) is 15.9. The third-order valence-electron chi connectivity index (χ3n) is 4.50. The second kappa shape index (κ2) is 8.62. The number of carbonyl (C=O) groups is 1. The zero-order chi connectivity index (χ0) is 16.7. The minimum atomic E-state index is -0.457. The van der Waals surface area contributed by atoms with Crippen molar-refractivity contribution in [2.24, 2.45) is 0 Å². The first-order valence-corrected chi connectivity index (χ1v) is 8.45. The molecule has 1 amide bonds. The van der Waals surface area contributed by atoms with Crippen molar-refractivity contribution in [3.05, 3.63) is 33.9 Å². The molecule has 0 aliphatic heterocycles. The summed E-state index contributed by atoms with van der Waals surface area (Å²) >= 11 is 0. The van der Waals surface area contributed by atoms with E-state index in [-0.39, 0.29) is 11.6 Å². The van der Waals surface area contributed by atoms with Crippen LogP contribution in [0.2, 0.25) is 0 Å². The van der Waals surface area contributed by atoms with E-state index in [1.807, 2.05) is 0 Å². The van der Waals surface area contributed by atoms with Crippen LogP contribution in [-0.4, -0.2) is 23.4 Å². The predicted octanol–water partition coefficient (Wildman–Crippen LogP) is 2.52. The maximum Gasteiger partial charge on any atom is 0.293 e. The van der Waals surface area contributed by atoms with E-state index in [2.05, 4.69) is 10.6 Å². The number of quaternary nitrogens is 1. The molecule has 0 unspecified atom stereocenters. The van der Waals surface area contributed by atoms with Gasteiger partial charge in [0.25, 0.3) is 11.6 Å². The van der Waals surface area contributed by atoms with Crippen molar-refractivity contribution in [2.75, 3.05) is 11.9 Å². The van der Waals surface area contributed by atoms with Crippen LogP contribution in [0.15, 0.2) is 18.2 Å². The summed E-state index contributed by atoms with van der Waals surface area (Å²) in [6.45, 7) is 2.08. The van der Waals surface area contributed by atoms with Crippen molar-refractivity contribution >= 4 is 17.3 Å². The van der Waals surface area contributed by atoms with Crippen LogP contribution in [0, 0.1) is 17.0 Å². The standard InChI is InChI=1S/C17H25N3O3/c1-13-8-7-11-15(20(22)23)17(13)19-16(21)12-18-14-9-5-3-2-4-6-10-14/h7-8,11,14,18H,2-6,9-10,12H2,1H3,(H,19,21)/p+1. The Balaban J connectivity index is 1.91. The number of para-hydroxylation sites is 1. The fourth-order valence-corrected chi connectivity index (χ4v) is 3.15. The number of aryl methyl sites for hydroxylation is 1. The minimum Gasteiger partial charge on any atom is -0.336 e. The van der Waals surface area contributed by atoms with Crippen LogP contribution in [0.5, 0.6) is 0 Å². The first-order valence-electron chi connectivity index (χ1n) is 8.45. The van der Waals surface area contributed by atoms with E-state index in [4.69, 9.17) is 0 Å². The molecular weight excluding hydrogens is 294 g/mol. The lowest BCUT2D eigenvalue weighted by Crippen LogP contribution is -2.91. The number of hydrogen-bond donors (Lipinski definition) is 2. The Morgan fingerprint density at radius 1 is 1.26 bits per heavy atom. The second-order valence-corrected chi connectivity index (χ2v) is 6.32. The highest BCUT2D eigenvalue weighted by Gasteiger charge is 2.20. The molecule has 1 aliphatic carbocycles. The highest BCUT2D eigenvalue weighted by Crippen LogP contribution is 2.27. The zero-order valence-electron chi connectivity index (χ0n) is 13.7. The number of nitrogens with one attached hydrogen (secondary N) is 1. The highest BCUT2D eigenvalue weighted by molar-refractivity contribution is 5.94. The number of nitrogens with two attached hydrogens (primary N) is 1. The van der Waals surface area contributed by atoms with Crippen molar-refractivity contribution in [3.8, 4) is 0 Å². The van der Waals surface area contributed by atoms with Crippen LogP contribution in [0.1, 0.15) is 50.5 Å². The minimum absolute atomic E-state index is 0.0516. The first-order chi connectivity index (χ1) is 11.1. The summed E-state index contributed by atoms with van der Waals surface area (Å²) in [4.78, 5) is 22.8. The van der Waals surface area contributed by atoms with Gasteiger partial charge in [0, 0.05) is 6.07 Å². The first kappa shape index (κ1) is 17.4. The average molecular weight is 320 g/mol. The van der Waals surface area contributed by atoms with Gasteiger partial charge in [0.15, 0.2) is 6.54 Å². The molecular formula is C17H26N3O3+. The number of rotatable bonds is 5. The van der Waals surface area contributed by atoms with Crippen LogP contribution < -0.4 is 10.6 Å². The summed E-state index contributed by atoms with van der Waals surface area (Å²) in [6, 6.07) is 5.30. The molecule has 2 rings (SSSR count). The largest absolute Gasteiger partial charge is 0.336 e. The Labute approximate surface area is 136 Å². The number of hydrogen-bond acceptors (Lipinski definition) is 3. The Morgan fingerprint density at radius 3 is 2.57 bits per heavy atom. The van der Waals surface area contributed by atoms with Crippen molar-refractivity contribution in [1.29, 1.82) is 0 Å². The summed E-state index contributed by atoms with van der Waals surface area (Å²) in [6.07, 6.45) is 8.65. The molecule has 0 aromatic heterocycles. The lowest BCUT2D eigenvalue weighted by molar-refractivity contribution is -0.680. The topological polar surface area (TPSA) is 88.9 Å². The molecule has 126 valence electrons. The molecule has 0 radical (unpaired) electrons. The normalized spacial score (nSPS) is 16.4. The van der Waals surface area contributed by atoms with Gasteiger partial charge in [0.1, 0.15) is 5.69 Å². The van der Waals surface area contributed by atoms with Crippen LogP contribution in [0.3, 0.4) is 0 Å². The smallest absolute Gasteiger partial charge is 0.293 e. The summed E-state index contributed by atoms with van der Waals surface area (Å²) in [5.41, 5.74) is 0.969. The number of nitrogens with zero attached hydrogens (tertiary/aromatic N) is 1. The Morgan fingerprint density at radius 2 is 1.91 bits per heavy atom. The van der Waals surface area contributed by atoms with E-state index in [0.29, 0.717) is 23.8 Å². The summed E-state index contributed by atoms with van der Waals surface area (Å²) < 4.78 is 0. The molecule has 1 saturated carbocycles. The molecule has 1 aromatic carbocycles. The molecule has 1 fully saturated rings. The van der Waals surface area contributed by atoms with E-state index >= 15 is 0 Å². The quantitative estimate of drug-likeness (QED) is 0.645. The molecule has 6 heteroatoms. The van der Waals surface area contributed by atoms with Gasteiger partial charge in [0.05, 0.1) is 11.0 Å². The van der Waals surface area contributed by atoms with E-state index in [1.165, 1.54) is 38.2 Å². The predicted molar refractivity (Wildman–Crippen MR) is 89.4 cm³/mol. The van der Waals surface area contributed by atoms with Gasteiger partial charge >= 0.3 is 0 Å². The Kier molecular flexibility index (Phi) is 6.52. The molecule has 0 spiro atoms. The lowest BCUT2D eigenvalue weighted by Gasteiger charge is -2.18. The molecule has 3 N–H and O–H groups in total. The van der Waals surface area contributed by atoms with Gasteiger partial charge in [-0.25, -0.2) is 0 Å². The van der Waals surface area contributed by atoms with Gasteiger partial charge < -0.3 is 10.6 Å². The van der Waals surface area contributed by atoms with Gasteiger partial charge in [-0.05, 0) is 38.2 Å². The number of amides is 1. The van der Waals surface area contributed by atoms with Gasteiger partial charge in [-0.1, -0.05) is 31.4 Å². The molecule has 0 heterocycles. The molecule has 1 aliphatic rings. The molecule has 0 saturated heterocycles. The zero-order valence-corrected chi connectivity index (χ0v) is 13.7. The monoisotopic (exact) mass is 320 g/mol. The van der Waals surface area contributed by atoms with E-state index in [1.54, 1.807) is 19.1 Å². The van der Waals surface area contributed by atoms with Crippen molar-refractivity contribution in [2.45, 2.75) is 57.9 Å². The van der Waals surface area contributed by atoms with Crippen LogP contribution in [0.4, 0.5) is 11.4 Å². The summed E-state index contributed by atoms with van der Waals surface area (Å²) in [5.74, 6) is -0.176. The number of carbonyl (C=O) groups excluding carboxylic acids is 1. The van der Waals surface area contributed by atoms with Crippen molar-refractivity contribution in [1.82, 2.24) is 0 Å². The summed E-state index contributed by atoms with van der Waals surface area (Å²) in [7, 11) is 0. The lowest BCUT2D eigenvalue weighted by atomic mass is 9.97. The van der Waals surface area contributed by atoms with Gasteiger partial charge in [-0.3, -0.25) is 14.9 Å². The third-order valence-corrected chi connectivity index (χ3v) is 4.50. The van der Waals surface area contributed by atoms with Crippen molar-refractivity contribution in [3.63, 3.8) is 0 Å². The van der Waals surface area contributed by atoms with Crippen LogP contribution >= 0.6 is 0 Å². The number of anilines is 1. The van der Waals surface area contributed by atoms with E-state index < -0.39 is 4.92 Å². The second-order valence-electron chi connectivity index (χ2n) is 6.32. The number of nitro benzene ring substituents is 1. The number of benzene rings is 1. The molecule has 1 aromatic rings. The van der Waals surface area contributed by atoms with Gasteiger partial charge in [-0.2, -0.15) is 0 Å². The van der Waals surface area contributed by atoms with Gasteiger partial charge in [-0.15, -0.1) is 0 Å². The molecule has 0 atom stereocenters. The Bertz CT molecular complexity index is 552. The van der Waals surface area contributed by atoms with Crippen molar-refractivity contribution < 1.29 is 15.0 Å². The molecule has 6 nitrogen and oxygen atoms in total. The maximum atomic E-state index is 12.2. The fourth-order valence-electron chi connectivity index (χ4n) is 3.15. The number of nitro groups is 1. The highest BCUT2D eigenvalue weighted by atomic mass is 16.6.